The van der Waals surface area contributed by atoms with Crippen molar-refractivity contribution in [2.24, 2.45) is 0 Å². The van der Waals surface area contributed by atoms with Gasteiger partial charge in [0.2, 0.25) is 0 Å². The molecule has 4 aromatic rings. The molecule has 4 heterocycles. The van der Waals surface area contributed by atoms with Gasteiger partial charge in [0.15, 0.2) is 11.7 Å². The van der Waals surface area contributed by atoms with Crippen LogP contribution in [-0.4, -0.2) is 43.6 Å². The lowest BCUT2D eigenvalue weighted by Crippen LogP contribution is -2.44. The Kier molecular flexibility index (Phi) is 6.09. The second-order valence-corrected chi connectivity index (χ2v) is 11.6. The third-order valence-corrected chi connectivity index (χ3v) is 9.51. The molecule has 1 aliphatic carbocycles. The molecule has 43 heavy (non-hydrogen) atoms. The quantitative estimate of drug-likeness (QED) is 0.310. The minimum Gasteiger partial charge on any atom is -0.458 e. The number of benzene rings is 2. The summed E-state index contributed by atoms with van der Waals surface area (Å²) in [5.41, 5.74) is 2.52. The molecule has 2 aromatic heterocycles. The van der Waals surface area contributed by atoms with Crippen LogP contribution in [0.25, 0.3) is 22.3 Å². The van der Waals surface area contributed by atoms with Gasteiger partial charge in [0.25, 0.3) is 11.5 Å². The van der Waals surface area contributed by atoms with Crippen LogP contribution in [0.5, 0.6) is 0 Å². The maximum Gasteiger partial charge on any atom is 0.343 e. The molecule has 220 valence electrons. The summed E-state index contributed by atoms with van der Waals surface area (Å²) in [5, 5.41) is 23.0. The first-order chi connectivity index (χ1) is 20.6. The molecule has 10 heteroatoms. The smallest absolute Gasteiger partial charge is 0.343 e. The minimum absolute atomic E-state index is 0.0115. The van der Waals surface area contributed by atoms with Gasteiger partial charge < -0.3 is 24.4 Å². The largest absolute Gasteiger partial charge is 0.458 e. The maximum atomic E-state index is 15.2. The number of aliphatic hydroxyl groups excluding tert-OH is 1. The summed E-state index contributed by atoms with van der Waals surface area (Å²) in [6, 6.07) is 11.2. The maximum absolute atomic E-state index is 15.2. The van der Waals surface area contributed by atoms with Crippen LogP contribution in [0.2, 0.25) is 0 Å². The van der Waals surface area contributed by atoms with Crippen molar-refractivity contribution in [1.82, 2.24) is 14.5 Å². The molecule has 0 spiro atoms. The highest BCUT2D eigenvalue weighted by atomic mass is 19.1. The zero-order valence-electron chi connectivity index (χ0n) is 24.0. The number of carbonyl (C=O) groups is 2. The number of aromatic nitrogens is 2. The number of rotatable bonds is 4. The van der Waals surface area contributed by atoms with E-state index in [-0.39, 0.29) is 30.7 Å². The van der Waals surface area contributed by atoms with Crippen molar-refractivity contribution in [2.45, 2.75) is 64.0 Å². The van der Waals surface area contributed by atoms with E-state index in [0.717, 1.165) is 16.5 Å². The molecule has 3 atom stereocenters. The monoisotopic (exact) mass is 583 g/mol. The van der Waals surface area contributed by atoms with E-state index in [0.29, 0.717) is 46.4 Å². The van der Waals surface area contributed by atoms with Crippen LogP contribution >= 0.6 is 0 Å². The predicted molar refractivity (Wildman–Crippen MR) is 154 cm³/mol. The van der Waals surface area contributed by atoms with Crippen molar-refractivity contribution < 1.29 is 28.9 Å². The molecular formula is C33H30FN3O6. The molecule has 9 nitrogen and oxygen atoms in total. The summed E-state index contributed by atoms with van der Waals surface area (Å²) in [4.78, 5) is 46.5. The highest BCUT2D eigenvalue weighted by Crippen LogP contribution is 2.47. The molecule has 0 unspecified atom stereocenters. The highest BCUT2D eigenvalue weighted by molar-refractivity contribution is 5.94. The number of hydrogen-bond donors (Lipinski definition) is 2. The fourth-order valence-corrected chi connectivity index (χ4v) is 7.04. The highest BCUT2D eigenvalue weighted by Gasteiger charge is 2.46. The van der Waals surface area contributed by atoms with E-state index >= 15 is 4.39 Å². The molecular weight excluding hydrogens is 553 g/mol. The number of pyridine rings is 2. The van der Waals surface area contributed by atoms with Crippen molar-refractivity contribution in [1.29, 1.82) is 0 Å². The van der Waals surface area contributed by atoms with Crippen LogP contribution in [0, 0.1) is 12.7 Å². The summed E-state index contributed by atoms with van der Waals surface area (Å²) in [7, 11) is 1.65. The Balaban J connectivity index is 1.45. The molecule has 0 bridgehead atoms. The van der Waals surface area contributed by atoms with Crippen molar-refractivity contribution in [3.63, 3.8) is 0 Å². The van der Waals surface area contributed by atoms with E-state index in [9.17, 15) is 24.6 Å². The van der Waals surface area contributed by atoms with Gasteiger partial charge in [-0.2, -0.15) is 0 Å². The number of likely N-dealkylation sites (N-methyl/N-ethyl adjacent to an activating group) is 1. The lowest BCUT2D eigenvalue weighted by atomic mass is 9.81. The average Bonchev–Trinajstić information content (AvgIpc) is 3.39. The number of fused-ring (bicyclic) bond motifs is 5. The topological polar surface area (TPSA) is 122 Å². The molecule has 2 aromatic carbocycles. The van der Waals surface area contributed by atoms with Crippen LogP contribution in [0.3, 0.4) is 0 Å². The van der Waals surface area contributed by atoms with E-state index in [1.165, 1.54) is 15.5 Å². The van der Waals surface area contributed by atoms with Gasteiger partial charge in [0.1, 0.15) is 12.4 Å². The second-order valence-electron chi connectivity index (χ2n) is 11.6. The third kappa shape index (κ3) is 3.76. The number of carbonyl (C=O) groups excluding carboxylic acids is 2. The van der Waals surface area contributed by atoms with E-state index in [2.05, 4.69) is 0 Å². The number of halogens is 1. The summed E-state index contributed by atoms with van der Waals surface area (Å²) >= 11 is 0. The van der Waals surface area contributed by atoms with Crippen LogP contribution < -0.4 is 5.56 Å². The molecule has 0 fully saturated rings. The number of amides is 1. The van der Waals surface area contributed by atoms with Crippen molar-refractivity contribution in [2.75, 3.05) is 7.05 Å². The normalized spacial score (nSPS) is 20.7. The number of hydrogen-bond acceptors (Lipinski definition) is 7. The number of aryl methyl sites for hydroxylation is 1. The molecule has 0 saturated carbocycles. The first kappa shape index (κ1) is 27.4. The SMILES string of the molecule is CC[C@@]1(O)C(=O)OCc2c1cc1n(c2=O)Cc2c-1nc1cc(F)c(C)c3c1c2[C@@H](N(C)C(=O)[C@@H](O)c1ccccc1)CC3. The van der Waals surface area contributed by atoms with Gasteiger partial charge in [-0.15, -0.1) is 0 Å². The fraction of sp³-hybridized carbons (Fsp3) is 0.333. The fourth-order valence-electron chi connectivity index (χ4n) is 7.04. The van der Waals surface area contributed by atoms with E-state index < -0.39 is 41.0 Å². The summed E-state index contributed by atoms with van der Waals surface area (Å²) in [5.74, 6) is -1.69. The third-order valence-electron chi connectivity index (χ3n) is 9.51. The number of esters is 1. The summed E-state index contributed by atoms with van der Waals surface area (Å²) < 4.78 is 21.9. The van der Waals surface area contributed by atoms with Crippen LogP contribution in [0.4, 0.5) is 4.39 Å². The molecule has 7 rings (SSSR count). The lowest BCUT2D eigenvalue weighted by Gasteiger charge is -2.36. The van der Waals surface area contributed by atoms with Gasteiger partial charge in [-0.05, 0) is 54.5 Å². The molecule has 3 aliphatic rings. The van der Waals surface area contributed by atoms with Gasteiger partial charge >= 0.3 is 5.97 Å². The van der Waals surface area contributed by atoms with Crippen molar-refractivity contribution >= 4 is 22.8 Å². The zero-order valence-corrected chi connectivity index (χ0v) is 24.0. The first-order valence-electron chi connectivity index (χ1n) is 14.4. The number of nitrogens with zero attached hydrogens (tertiary/aromatic N) is 3. The van der Waals surface area contributed by atoms with Crippen LogP contribution in [-0.2, 0) is 39.5 Å². The van der Waals surface area contributed by atoms with Gasteiger partial charge in [0.05, 0.1) is 35.1 Å². The molecule has 2 aliphatic heterocycles. The number of cyclic esters (lactones) is 1. The second kappa shape index (κ2) is 9.55. The Morgan fingerprint density at radius 2 is 1.95 bits per heavy atom. The van der Waals surface area contributed by atoms with Gasteiger partial charge in [0, 0.05) is 29.6 Å². The van der Waals surface area contributed by atoms with Gasteiger partial charge in [-0.3, -0.25) is 9.59 Å². The standard InChI is InChI=1S/C33H30FN3O6/c1-4-33(42)21-12-25-28-19(14-37(25)30(39)20(21)15-43-32(33)41)27-24(36(3)31(40)29(38)17-8-6-5-7-9-17)11-10-18-16(2)22(34)13-23(35-28)26(18)27/h5-9,12-13,24,29,38,42H,4,10-11,14-15H2,1-3H3/t24-,29-,33-/m0/s1. The van der Waals surface area contributed by atoms with E-state index in [4.69, 9.17) is 9.72 Å². The molecule has 2 N–H and O–H groups in total. The first-order valence-corrected chi connectivity index (χ1v) is 14.4. The minimum atomic E-state index is -1.98. The zero-order chi connectivity index (χ0) is 30.4. The van der Waals surface area contributed by atoms with Crippen molar-refractivity contribution in [3.8, 4) is 11.4 Å². The molecule has 1 amide bonds. The van der Waals surface area contributed by atoms with E-state index in [1.807, 2.05) is 6.07 Å². The number of ether oxygens (including phenoxy) is 1. The Bertz CT molecular complexity index is 1940. The molecule has 0 saturated heterocycles. The van der Waals surface area contributed by atoms with Gasteiger partial charge in [-0.25, -0.2) is 14.2 Å². The lowest BCUT2D eigenvalue weighted by molar-refractivity contribution is -0.172. The Hall–Kier alpha value is -4.41. The summed E-state index contributed by atoms with van der Waals surface area (Å²) in [6.07, 6.45) is -0.380. The van der Waals surface area contributed by atoms with Crippen LogP contribution in [0.1, 0.15) is 70.9 Å². The Morgan fingerprint density at radius 1 is 1.21 bits per heavy atom. The Morgan fingerprint density at radius 3 is 2.67 bits per heavy atom. The van der Waals surface area contributed by atoms with Gasteiger partial charge in [-0.1, -0.05) is 37.3 Å². The average molecular weight is 584 g/mol. The predicted octanol–water partition coefficient (Wildman–Crippen LogP) is 3.71. The van der Waals surface area contributed by atoms with Crippen LogP contribution in [0.15, 0.2) is 47.3 Å². The Labute approximate surface area is 246 Å². The number of aliphatic hydroxyl groups is 2. The molecule has 0 radical (unpaired) electrons. The summed E-state index contributed by atoms with van der Waals surface area (Å²) in [6.45, 7) is 3.26. The van der Waals surface area contributed by atoms with Crippen molar-refractivity contribution in [3.05, 3.63) is 97.6 Å². The van der Waals surface area contributed by atoms with E-state index in [1.54, 1.807) is 51.2 Å².